The minimum absolute atomic E-state index is 0.315. The van der Waals surface area contributed by atoms with E-state index in [-0.39, 0.29) is 5.91 Å². The highest BCUT2D eigenvalue weighted by atomic mass is 16.7. The number of nitrogens with one attached hydrogen (secondary N) is 1. The van der Waals surface area contributed by atoms with Gasteiger partial charge in [0.2, 0.25) is 5.91 Å². The fourth-order valence-corrected chi connectivity index (χ4v) is 4.18. The fraction of sp³-hybridized carbons (Fsp3) is 0.364. The first-order valence-corrected chi connectivity index (χ1v) is 9.98. The van der Waals surface area contributed by atoms with E-state index >= 15 is 0 Å². The van der Waals surface area contributed by atoms with E-state index in [4.69, 9.17) is 13.9 Å². The Kier molecular flexibility index (Phi) is 4.12. The molecule has 1 atom stereocenters. The van der Waals surface area contributed by atoms with Crippen molar-refractivity contribution >= 4 is 22.7 Å². The van der Waals surface area contributed by atoms with Crippen molar-refractivity contribution in [1.29, 1.82) is 0 Å². The van der Waals surface area contributed by atoms with Crippen LogP contribution in [-0.2, 0) is 4.79 Å². The molecule has 2 heterocycles. The average molecular weight is 394 g/mol. The number of carbonyl (C=O) groups is 1. The molecule has 0 radical (unpaired) electrons. The van der Waals surface area contributed by atoms with Crippen LogP contribution in [0, 0.1) is 0 Å². The maximum absolute atomic E-state index is 12.8. The summed E-state index contributed by atoms with van der Waals surface area (Å²) < 4.78 is 18.8. The minimum Gasteiger partial charge on any atom is -0.448 e. The molecule has 2 aromatic carbocycles. The highest BCUT2D eigenvalue weighted by Gasteiger charge is 2.42. The van der Waals surface area contributed by atoms with Gasteiger partial charge in [0, 0.05) is 24.6 Å². The molecule has 150 valence electrons. The van der Waals surface area contributed by atoms with Crippen LogP contribution in [0.3, 0.4) is 0 Å². The maximum atomic E-state index is 12.8. The quantitative estimate of drug-likeness (QED) is 0.719. The monoisotopic (exact) mass is 394 g/mol. The van der Waals surface area contributed by atoms with Crippen LogP contribution in [0.1, 0.15) is 45.1 Å². The first kappa shape index (κ1) is 17.8. The molecule has 2 aliphatic rings. The van der Waals surface area contributed by atoms with Gasteiger partial charge in [0.05, 0.1) is 5.52 Å². The van der Waals surface area contributed by atoms with Gasteiger partial charge in [-0.15, -0.1) is 0 Å². The highest BCUT2D eigenvalue weighted by Crippen LogP contribution is 2.46. The second-order valence-corrected chi connectivity index (χ2v) is 7.71. The van der Waals surface area contributed by atoms with Gasteiger partial charge >= 0.3 is 5.76 Å². The number of amides is 1. The van der Waals surface area contributed by atoms with Gasteiger partial charge in [-0.1, -0.05) is 18.6 Å². The number of carbonyl (C=O) groups excluding carboxylic acids is 1. The first-order chi connectivity index (χ1) is 14.0. The van der Waals surface area contributed by atoms with Gasteiger partial charge in [0.1, 0.15) is 6.04 Å². The second-order valence-electron chi connectivity index (χ2n) is 7.71. The van der Waals surface area contributed by atoms with Crippen LogP contribution < -0.4 is 20.5 Å². The van der Waals surface area contributed by atoms with E-state index in [0.29, 0.717) is 28.3 Å². The van der Waals surface area contributed by atoms with E-state index in [0.717, 1.165) is 25.7 Å². The Morgan fingerprint density at radius 2 is 1.83 bits per heavy atom. The number of nitrogens with zero attached hydrogens (tertiary/aromatic N) is 1. The van der Waals surface area contributed by atoms with Gasteiger partial charge in [-0.3, -0.25) is 9.36 Å². The first-order valence-electron chi connectivity index (χ1n) is 9.98. The molecule has 0 bridgehead atoms. The number of hydrogen-bond donors (Lipinski definition) is 1. The van der Waals surface area contributed by atoms with E-state index in [1.54, 1.807) is 43.3 Å². The Morgan fingerprint density at radius 1 is 1.07 bits per heavy atom. The van der Waals surface area contributed by atoms with Gasteiger partial charge in [-0.2, -0.15) is 0 Å². The van der Waals surface area contributed by atoms with Crippen molar-refractivity contribution < 1.29 is 18.7 Å². The summed E-state index contributed by atoms with van der Waals surface area (Å²) in [7, 11) is 0. The van der Waals surface area contributed by atoms with Gasteiger partial charge in [-0.25, -0.2) is 4.79 Å². The lowest BCUT2D eigenvalue weighted by atomic mass is 9.94. The zero-order valence-electron chi connectivity index (χ0n) is 16.1. The smallest absolute Gasteiger partial charge is 0.420 e. The Morgan fingerprint density at radius 3 is 2.66 bits per heavy atom. The molecule has 1 saturated carbocycles. The SMILES string of the molecule is CC(C(=O)Nc1ccc2c(c1)OC1(CCCCC1)O2)n1c(=O)oc2ccccc21. The van der Waals surface area contributed by atoms with Crippen LogP contribution in [-0.4, -0.2) is 16.3 Å². The lowest BCUT2D eigenvalue weighted by Crippen LogP contribution is -2.40. The summed E-state index contributed by atoms with van der Waals surface area (Å²) in [6, 6.07) is 11.7. The van der Waals surface area contributed by atoms with Crippen molar-refractivity contribution in [2.75, 3.05) is 5.32 Å². The molecule has 5 rings (SSSR count). The van der Waals surface area contributed by atoms with E-state index in [9.17, 15) is 9.59 Å². The number of anilines is 1. The van der Waals surface area contributed by atoms with E-state index < -0.39 is 17.6 Å². The predicted octanol–water partition coefficient (Wildman–Crippen LogP) is 4.23. The van der Waals surface area contributed by atoms with Crippen LogP contribution in [0.5, 0.6) is 11.5 Å². The van der Waals surface area contributed by atoms with Crippen LogP contribution >= 0.6 is 0 Å². The molecule has 1 N–H and O–H groups in total. The maximum Gasteiger partial charge on any atom is 0.420 e. The number of fused-ring (bicyclic) bond motifs is 2. The van der Waals surface area contributed by atoms with E-state index in [1.807, 2.05) is 6.07 Å². The Hall–Kier alpha value is -3.22. The lowest BCUT2D eigenvalue weighted by molar-refractivity contribution is -0.118. The summed E-state index contributed by atoms with van der Waals surface area (Å²) in [6.07, 6.45) is 5.12. The Bertz CT molecular complexity index is 1140. The number of aromatic nitrogens is 1. The number of para-hydroxylation sites is 2. The molecule has 1 unspecified atom stereocenters. The summed E-state index contributed by atoms with van der Waals surface area (Å²) in [4.78, 5) is 25.1. The third-order valence-electron chi connectivity index (χ3n) is 5.70. The van der Waals surface area contributed by atoms with Crippen molar-refractivity contribution in [3.8, 4) is 11.5 Å². The molecule has 3 aromatic rings. The van der Waals surface area contributed by atoms with Gasteiger partial charge in [-0.05, 0) is 44.0 Å². The number of oxazole rings is 1. The lowest BCUT2D eigenvalue weighted by Gasteiger charge is -2.31. The molecule has 0 saturated heterocycles. The van der Waals surface area contributed by atoms with Crippen LogP contribution in [0.25, 0.3) is 11.1 Å². The molecule has 1 aliphatic heterocycles. The van der Waals surface area contributed by atoms with Gasteiger partial charge in [0.15, 0.2) is 17.1 Å². The summed E-state index contributed by atoms with van der Waals surface area (Å²) >= 11 is 0. The third kappa shape index (κ3) is 3.06. The fourth-order valence-electron chi connectivity index (χ4n) is 4.18. The number of hydrogen-bond acceptors (Lipinski definition) is 5. The van der Waals surface area contributed by atoms with Crippen molar-refractivity contribution in [3.63, 3.8) is 0 Å². The number of ether oxygens (including phenoxy) is 2. The molecule has 1 fully saturated rings. The Balaban J connectivity index is 1.36. The summed E-state index contributed by atoms with van der Waals surface area (Å²) in [5.41, 5.74) is 1.64. The normalized spacial score (nSPS) is 18.1. The van der Waals surface area contributed by atoms with Crippen molar-refractivity contribution in [2.45, 2.75) is 50.9 Å². The topological polar surface area (TPSA) is 82.7 Å². The van der Waals surface area contributed by atoms with Crippen molar-refractivity contribution in [3.05, 3.63) is 53.0 Å². The van der Waals surface area contributed by atoms with Crippen molar-refractivity contribution in [1.82, 2.24) is 4.57 Å². The second kappa shape index (κ2) is 6.69. The summed E-state index contributed by atoms with van der Waals surface area (Å²) in [5, 5.41) is 2.87. The molecule has 7 heteroatoms. The number of rotatable bonds is 3. The molecule has 7 nitrogen and oxygen atoms in total. The minimum atomic E-state index is -0.735. The van der Waals surface area contributed by atoms with Gasteiger partial charge < -0.3 is 19.2 Å². The zero-order chi connectivity index (χ0) is 20.0. The molecular weight excluding hydrogens is 372 g/mol. The molecule has 1 amide bonds. The molecule has 1 aromatic heterocycles. The van der Waals surface area contributed by atoms with E-state index in [1.165, 1.54) is 11.0 Å². The van der Waals surface area contributed by atoms with Crippen LogP contribution in [0.4, 0.5) is 5.69 Å². The van der Waals surface area contributed by atoms with Crippen LogP contribution in [0.2, 0.25) is 0 Å². The molecule has 1 aliphatic carbocycles. The summed E-state index contributed by atoms with van der Waals surface area (Å²) in [6.45, 7) is 1.67. The largest absolute Gasteiger partial charge is 0.448 e. The third-order valence-corrected chi connectivity index (χ3v) is 5.70. The summed E-state index contributed by atoms with van der Waals surface area (Å²) in [5.74, 6) is -0.0820. The van der Waals surface area contributed by atoms with Crippen LogP contribution in [0.15, 0.2) is 51.7 Å². The van der Waals surface area contributed by atoms with Crippen molar-refractivity contribution in [2.24, 2.45) is 0 Å². The standard InChI is InChI=1S/C22H22N2O5/c1-14(24-16-7-3-4-8-17(16)27-21(24)26)20(25)23-15-9-10-18-19(13-15)29-22(28-18)11-5-2-6-12-22/h3-4,7-10,13-14H,2,5-6,11-12H2,1H3,(H,23,25). The molecular formula is C22H22N2O5. The molecule has 1 spiro atoms. The average Bonchev–Trinajstić information content (AvgIpc) is 3.23. The molecule has 29 heavy (non-hydrogen) atoms. The number of benzene rings is 2. The Labute approximate surface area is 167 Å². The van der Waals surface area contributed by atoms with E-state index in [2.05, 4.69) is 5.32 Å². The highest BCUT2D eigenvalue weighted by molar-refractivity contribution is 5.94. The zero-order valence-corrected chi connectivity index (χ0v) is 16.1. The predicted molar refractivity (Wildman–Crippen MR) is 107 cm³/mol. The van der Waals surface area contributed by atoms with Gasteiger partial charge in [0.25, 0.3) is 5.79 Å².